The van der Waals surface area contributed by atoms with Crippen molar-refractivity contribution in [3.8, 4) is 0 Å². The molecular weight excluding hydrogens is 252 g/mol. The fourth-order valence-electron chi connectivity index (χ4n) is 1.85. The van der Waals surface area contributed by atoms with E-state index in [-0.39, 0.29) is 5.96 Å². The molecule has 1 heterocycles. The van der Waals surface area contributed by atoms with Crippen molar-refractivity contribution in [1.29, 1.82) is 5.41 Å². The van der Waals surface area contributed by atoms with Crippen molar-refractivity contribution >= 4 is 22.8 Å². The monoisotopic (exact) mass is 272 g/mol. The van der Waals surface area contributed by atoms with Crippen LogP contribution in [0.5, 0.6) is 0 Å². The molecule has 0 spiro atoms. The molecule has 0 atom stereocenters. The van der Waals surface area contributed by atoms with E-state index >= 15 is 0 Å². The molecule has 0 amide bonds. The first-order chi connectivity index (χ1) is 9.56. The molecule has 0 unspecified atom stereocenters. The molecule has 1 aromatic carbocycles. The van der Waals surface area contributed by atoms with E-state index in [9.17, 15) is 0 Å². The minimum atomic E-state index is 0.210. The minimum Gasteiger partial charge on any atom is -0.355 e. The van der Waals surface area contributed by atoms with Crippen molar-refractivity contribution in [3.05, 3.63) is 30.0 Å². The lowest BCUT2D eigenvalue weighted by Gasteiger charge is -2.13. The highest BCUT2D eigenvalue weighted by atomic mass is 15.2. The van der Waals surface area contributed by atoms with Crippen LogP contribution >= 0.6 is 0 Å². The van der Waals surface area contributed by atoms with Gasteiger partial charge in [-0.25, -0.2) is 9.97 Å². The van der Waals surface area contributed by atoms with Crippen LogP contribution in [0, 0.1) is 12.3 Å². The van der Waals surface area contributed by atoms with E-state index in [1.54, 1.807) is 0 Å². The smallest absolute Gasteiger partial charge is 0.230 e. The topological polar surface area (TPSA) is 76.9 Å². The van der Waals surface area contributed by atoms with Gasteiger partial charge in [-0.1, -0.05) is 18.2 Å². The summed E-state index contributed by atoms with van der Waals surface area (Å²) in [5.41, 5.74) is 1.78. The molecule has 2 aromatic rings. The van der Waals surface area contributed by atoms with Crippen LogP contribution in [0.1, 0.15) is 5.69 Å². The summed E-state index contributed by atoms with van der Waals surface area (Å²) >= 11 is 0. The summed E-state index contributed by atoms with van der Waals surface area (Å²) in [6.45, 7) is 3.51. The number of hydrogen-bond acceptors (Lipinski definition) is 4. The second-order valence-electron chi connectivity index (χ2n) is 4.88. The van der Waals surface area contributed by atoms with Gasteiger partial charge in [-0.3, -0.25) is 10.7 Å². The Labute approximate surface area is 118 Å². The summed E-state index contributed by atoms with van der Waals surface area (Å²) in [4.78, 5) is 10.8. The van der Waals surface area contributed by atoms with Gasteiger partial charge in [0.25, 0.3) is 0 Å². The van der Waals surface area contributed by atoms with Crippen molar-refractivity contribution in [1.82, 2.24) is 20.2 Å². The van der Waals surface area contributed by atoms with Gasteiger partial charge >= 0.3 is 0 Å². The zero-order valence-corrected chi connectivity index (χ0v) is 12.1. The molecule has 6 nitrogen and oxygen atoms in total. The molecule has 3 N–H and O–H groups in total. The third kappa shape index (κ3) is 3.64. The molecule has 1 aromatic heterocycles. The van der Waals surface area contributed by atoms with Gasteiger partial charge in [0.1, 0.15) is 0 Å². The molecule has 0 aliphatic carbocycles. The predicted octanol–water partition coefficient (Wildman–Crippen LogP) is 1.44. The number of para-hydroxylation sites is 1. The highest BCUT2D eigenvalue weighted by Crippen LogP contribution is 2.16. The average molecular weight is 272 g/mol. The maximum atomic E-state index is 7.83. The van der Waals surface area contributed by atoms with Crippen molar-refractivity contribution < 1.29 is 0 Å². The number of nitrogens with one attached hydrogen (secondary N) is 3. The molecule has 20 heavy (non-hydrogen) atoms. The fourth-order valence-corrected chi connectivity index (χ4v) is 1.85. The number of anilines is 1. The summed E-state index contributed by atoms with van der Waals surface area (Å²) in [6.07, 6.45) is 0. The van der Waals surface area contributed by atoms with Gasteiger partial charge in [0, 0.05) is 18.5 Å². The number of benzene rings is 1. The molecule has 0 aliphatic rings. The number of rotatable bonds is 4. The number of guanidine groups is 1. The normalized spacial score (nSPS) is 10.8. The van der Waals surface area contributed by atoms with E-state index in [0.717, 1.165) is 23.1 Å². The summed E-state index contributed by atoms with van der Waals surface area (Å²) in [5.74, 6) is 0.657. The maximum absolute atomic E-state index is 7.83. The largest absolute Gasteiger partial charge is 0.355 e. The Hall–Kier alpha value is -2.21. The molecule has 0 saturated carbocycles. The number of hydrogen-bond donors (Lipinski definition) is 3. The molecule has 2 rings (SSSR count). The first kappa shape index (κ1) is 14.2. The Bertz CT molecular complexity index is 608. The lowest BCUT2D eigenvalue weighted by Crippen LogP contribution is -2.35. The number of nitrogens with zero attached hydrogens (tertiary/aromatic N) is 3. The van der Waals surface area contributed by atoms with Crippen LogP contribution in [0.3, 0.4) is 0 Å². The number of likely N-dealkylation sites (N-methyl/N-ethyl adjacent to an activating group) is 1. The molecule has 0 aliphatic heterocycles. The summed E-state index contributed by atoms with van der Waals surface area (Å²) < 4.78 is 0. The average Bonchev–Trinajstić information content (AvgIpc) is 2.38. The van der Waals surface area contributed by atoms with Gasteiger partial charge in [-0.15, -0.1) is 0 Å². The van der Waals surface area contributed by atoms with Gasteiger partial charge in [0.15, 0.2) is 5.96 Å². The van der Waals surface area contributed by atoms with Crippen LogP contribution < -0.4 is 10.6 Å². The maximum Gasteiger partial charge on any atom is 0.230 e. The Balaban J connectivity index is 2.04. The summed E-state index contributed by atoms with van der Waals surface area (Å²) in [6, 6.07) is 7.85. The zero-order valence-electron chi connectivity index (χ0n) is 12.1. The van der Waals surface area contributed by atoms with Gasteiger partial charge in [-0.05, 0) is 27.1 Å². The Morgan fingerprint density at radius 1 is 1.25 bits per heavy atom. The molecule has 0 bridgehead atoms. The van der Waals surface area contributed by atoms with Gasteiger partial charge in [0.05, 0.1) is 11.2 Å². The third-order valence-electron chi connectivity index (χ3n) is 2.89. The minimum absolute atomic E-state index is 0.210. The summed E-state index contributed by atoms with van der Waals surface area (Å²) in [7, 11) is 3.99. The van der Waals surface area contributed by atoms with Crippen molar-refractivity contribution in [2.75, 3.05) is 32.5 Å². The highest BCUT2D eigenvalue weighted by Gasteiger charge is 2.05. The van der Waals surface area contributed by atoms with E-state index in [0.29, 0.717) is 12.5 Å². The standard InChI is InChI=1S/C14H20N6/c1-10-11-6-4-5-7-12(11)18-14(17-10)19-13(15)16-8-9-20(2)3/h4-7H,8-9H2,1-3H3,(H3,15,16,17,18,19). The molecular formula is C14H20N6. The van der Waals surface area contributed by atoms with Crippen molar-refractivity contribution in [3.63, 3.8) is 0 Å². The Morgan fingerprint density at radius 2 is 2.00 bits per heavy atom. The first-order valence-electron chi connectivity index (χ1n) is 6.54. The van der Waals surface area contributed by atoms with Gasteiger partial charge in [-0.2, -0.15) is 0 Å². The molecule has 106 valence electrons. The van der Waals surface area contributed by atoms with E-state index in [1.807, 2.05) is 45.3 Å². The van der Waals surface area contributed by atoms with Crippen LogP contribution in [0.25, 0.3) is 10.9 Å². The number of aromatic nitrogens is 2. The van der Waals surface area contributed by atoms with Crippen LogP contribution in [0.4, 0.5) is 5.95 Å². The molecule has 0 fully saturated rings. The fraction of sp³-hybridized carbons (Fsp3) is 0.357. The quantitative estimate of drug-likeness (QED) is 0.580. The lowest BCUT2D eigenvalue weighted by atomic mass is 10.2. The van der Waals surface area contributed by atoms with E-state index < -0.39 is 0 Å². The van der Waals surface area contributed by atoms with E-state index in [1.165, 1.54) is 0 Å². The number of aryl methyl sites for hydroxylation is 1. The second-order valence-corrected chi connectivity index (χ2v) is 4.88. The van der Waals surface area contributed by atoms with Crippen molar-refractivity contribution in [2.45, 2.75) is 6.92 Å². The lowest BCUT2D eigenvalue weighted by molar-refractivity contribution is 0.412. The SMILES string of the molecule is Cc1nc(NC(=N)NCCN(C)C)nc2ccccc12. The Morgan fingerprint density at radius 3 is 2.75 bits per heavy atom. The Kier molecular flexibility index (Phi) is 4.47. The molecule has 0 saturated heterocycles. The highest BCUT2D eigenvalue weighted by molar-refractivity contribution is 5.91. The predicted molar refractivity (Wildman–Crippen MR) is 82.2 cm³/mol. The third-order valence-corrected chi connectivity index (χ3v) is 2.89. The van der Waals surface area contributed by atoms with Crippen LogP contribution in [0.15, 0.2) is 24.3 Å². The zero-order chi connectivity index (χ0) is 14.5. The summed E-state index contributed by atoms with van der Waals surface area (Å²) in [5, 5.41) is 14.7. The molecule has 0 radical (unpaired) electrons. The van der Waals surface area contributed by atoms with Gasteiger partial charge in [0.2, 0.25) is 5.95 Å². The van der Waals surface area contributed by atoms with Crippen LogP contribution in [-0.4, -0.2) is 48.0 Å². The second kappa shape index (κ2) is 6.29. The van der Waals surface area contributed by atoms with E-state index in [2.05, 4.69) is 25.5 Å². The van der Waals surface area contributed by atoms with Crippen LogP contribution in [0.2, 0.25) is 0 Å². The van der Waals surface area contributed by atoms with Crippen molar-refractivity contribution in [2.24, 2.45) is 0 Å². The number of fused-ring (bicyclic) bond motifs is 1. The molecule has 6 heteroatoms. The van der Waals surface area contributed by atoms with Gasteiger partial charge < -0.3 is 10.2 Å². The van der Waals surface area contributed by atoms with Crippen LogP contribution in [-0.2, 0) is 0 Å². The first-order valence-corrected chi connectivity index (χ1v) is 6.54. The van der Waals surface area contributed by atoms with E-state index in [4.69, 9.17) is 5.41 Å².